The molecule has 0 aliphatic carbocycles. The molecule has 0 atom stereocenters. The lowest BCUT2D eigenvalue weighted by atomic mass is 10.2. The molecule has 0 aliphatic rings. The first-order valence-corrected chi connectivity index (χ1v) is 6.27. The summed E-state index contributed by atoms with van der Waals surface area (Å²) in [6, 6.07) is 10.6. The molecule has 0 amide bonds. The van der Waals surface area contributed by atoms with Crippen molar-refractivity contribution >= 4 is 7.82 Å². The Morgan fingerprint density at radius 2 is 1.41 bits per heavy atom. The van der Waals surface area contributed by atoms with Gasteiger partial charge < -0.3 is 24.6 Å². The highest BCUT2D eigenvalue weighted by Crippen LogP contribution is 2.25. The van der Waals surface area contributed by atoms with Crippen molar-refractivity contribution < 1.29 is 29.2 Å². The van der Waals surface area contributed by atoms with Crippen molar-refractivity contribution in [2.75, 3.05) is 21.1 Å². The van der Waals surface area contributed by atoms with Crippen molar-refractivity contribution in [1.82, 2.24) is 0 Å². The fourth-order valence-electron chi connectivity index (χ4n) is 1.13. The lowest BCUT2D eigenvalue weighted by molar-refractivity contribution is -0.884. The molecule has 0 heterocycles. The lowest BCUT2D eigenvalue weighted by Gasteiger charge is -2.23. The van der Waals surface area contributed by atoms with Crippen LogP contribution in [0.25, 0.3) is 0 Å². The third kappa shape index (κ3) is 17.8. The summed E-state index contributed by atoms with van der Waals surface area (Å²) in [5.41, 5.74) is 1.40. The van der Waals surface area contributed by atoms with Crippen LogP contribution < -0.4 is 0 Å². The van der Waals surface area contributed by atoms with Crippen LogP contribution in [0.5, 0.6) is 0 Å². The first-order valence-electron chi connectivity index (χ1n) is 4.70. The smallest absolute Gasteiger partial charge is 0.466 e. The molecule has 17 heavy (non-hydrogen) atoms. The summed E-state index contributed by atoms with van der Waals surface area (Å²) in [5, 5.41) is 0. The second-order valence-electron chi connectivity index (χ2n) is 4.45. The molecule has 0 fully saturated rings. The average Bonchev–Trinajstić information content (AvgIpc) is 1.99. The number of benzene rings is 1. The molecule has 0 spiro atoms. The zero-order valence-corrected chi connectivity index (χ0v) is 11.1. The van der Waals surface area contributed by atoms with E-state index in [1.807, 2.05) is 0 Å². The molecule has 100 valence electrons. The average molecular weight is 265 g/mol. The standard InChI is InChI=1S/C10H16N.H3O4P.H2O/c1-11(2,3)9-10-7-5-4-6-8-10;1-5(2,3)4;/h4-8H,9H2,1-3H3;(H3,1,2,3,4);1H2/q+1;;/p-1. The number of hydrogen-bond donors (Lipinski definition) is 3. The largest absolute Gasteiger partial charge is 0.870 e. The third-order valence-corrected chi connectivity index (χ3v) is 1.50. The van der Waals surface area contributed by atoms with Gasteiger partial charge in [0.25, 0.3) is 0 Å². The van der Waals surface area contributed by atoms with Gasteiger partial charge in [0, 0.05) is 5.56 Å². The number of hydrogen-bond acceptors (Lipinski definition) is 2. The maximum atomic E-state index is 8.88. The van der Waals surface area contributed by atoms with E-state index >= 15 is 0 Å². The van der Waals surface area contributed by atoms with Gasteiger partial charge in [0.15, 0.2) is 0 Å². The summed E-state index contributed by atoms with van der Waals surface area (Å²) in [7, 11) is 1.97. The van der Waals surface area contributed by atoms with Gasteiger partial charge in [-0.2, -0.15) is 0 Å². The molecule has 0 unspecified atom stereocenters. The van der Waals surface area contributed by atoms with Crippen LogP contribution in [0.15, 0.2) is 30.3 Å². The summed E-state index contributed by atoms with van der Waals surface area (Å²) >= 11 is 0. The van der Waals surface area contributed by atoms with Crippen LogP contribution in [0.2, 0.25) is 0 Å². The Hall–Kier alpha value is -0.750. The summed E-state index contributed by atoms with van der Waals surface area (Å²) in [5.74, 6) is 0. The van der Waals surface area contributed by atoms with Crippen molar-refractivity contribution in [3.8, 4) is 0 Å². The van der Waals surface area contributed by atoms with E-state index in [9.17, 15) is 0 Å². The molecule has 0 aromatic heterocycles. The van der Waals surface area contributed by atoms with Crippen molar-refractivity contribution in [3.05, 3.63) is 35.9 Å². The normalized spacial score (nSPS) is 10.9. The van der Waals surface area contributed by atoms with E-state index in [2.05, 4.69) is 51.5 Å². The molecule has 0 saturated heterocycles. The van der Waals surface area contributed by atoms with E-state index in [-0.39, 0.29) is 5.48 Å². The van der Waals surface area contributed by atoms with Crippen molar-refractivity contribution in [3.63, 3.8) is 0 Å². The Morgan fingerprint density at radius 1 is 1.06 bits per heavy atom. The van der Waals surface area contributed by atoms with Gasteiger partial charge in [0.1, 0.15) is 6.54 Å². The Bertz CT molecular complexity index is 335. The van der Waals surface area contributed by atoms with Gasteiger partial charge in [-0.1, -0.05) is 30.3 Å². The van der Waals surface area contributed by atoms with E-state index in [1.165, 1.54) is 5.56 Å². The molecule has 4 N–H and O–H groups in total. The highest BCUT2D eigenvalue weighted by atomic mass is 31.2. The molecule has 1 aromatic rings. The van der Waals surface area contributed by atoms with Crippen LogP contribution >= 0.6 is 7.82 Å². The predicted molar refractivity (Wildman–Crippen MR) is 64.4 cm³/mol. The Morgan fingerprint density at radius 3 is 1.71 bits per heavy atom. The van der Waals surface area contributed by atoms with Crippen molar-refractivity contribution in [2.45, 2.75) is 6.54 Å². The maximum Gasteiger partial charge on any atom is 0.466 e. The molecule has 0 bridgehead atoms. The Labute approximate surface area is 101 Å². The molecule has 0 radical (unpaired) electrons. The number of rotatable bonds is 2. The van der Waals surface area contributed by atoms with Crippen LogP contribution in [0, 0.1) is 0 Å². The second kappa shape index (κ2) is 7.55. The molecule has 1 rings (SSSR count). The van der Waals surface area contributed by atoms with Gasteiger partial charge in [-0.25, -0.2) is 4.57 Å². The minimum Gasteiger partial charge on any atom is -0.870 e. The number of phosphoric acid groups is 1. The minimum atomic E-state index is -4.64. The highest BCUT2D eigenvalue weighted by Gasteiger charge is 2.06. The lowest BCUT2D eigenvalue weighted by Crippen LogP contribution is -2.33. The van der Waals surface area contributed by atoms with Crippen LogP contribution in [-0.4, -0.2) is 45.8 Å². The maximum absolute atomic E-state index is 8.88. The van der Waals surface area contributed by atoms with Crippen LogP contribution in [0.3, 0.4) is 0 Å². The number of nitrogens with zero attached hydrogens (tertiary/aromatic N) is 1. The molecule has 6 nitrogen and oxygen atoms in total. The first kappa shape index (κ1) is 18.6. The first-order chi connectivity index (χ1) is 7.08. The zero-order valence-electron chi connectivity index (χ0n) is 10.2. The van der Waals surface area contributed by atoms with Crippen LogP contribution in [0.1, 0.15) is 5.56 Å². The fourth-order valence-corrected chi connectivity index (χ4v) is 1.13. The molecule has 0 saturated carbocycles. The fraction of sp³-hybridized carbons (Fsp3) is 0.400. The van der Waals surface area contributed by atoms with Crippen LogP contribution in [-0.2, 0) is 11.1 Å². The van der Waals surface area contributed by atoms with Crippen molar-refractivity contribution in [2.24, 2.45) is 0 Å². The van der Waals surface area contributed by atoms with Crippen LogP contribution in [0.4, 0.5) is 0 Å². The molecular weight excluding hydrogens is 245 g/mol. The highest BCUT2D eigenvalue weighted by molar-refractivity contribution is 7.45. The number of quaternary nitrogens is 1. The summed E-state index contributed by atoms with van der Waals surface area (Å²) < 4.78 is 9.87. The van der Waals surface area contributed by atoms with E-state index in [1.54, 1.807) is 0 Å². The van der Waals surface area contributed by atoms with Gasteiger partial charge >= 0.3 is 7.82 Å². The summed E-state index contributed by atoms with van der Waals surface area (Å²) in [6.07, 6.45) is 0. The van der Waals surface area contributed by atoms with Gasteiger partial charge in [-0.15, -0.1) is 0 Å². The Kier molecular flexibility index (Phi) is 8.27. The molecule has 7 heteroatoms. The molecule has 0 aliphatic heterocycles. The molecule has 1 aromatic carbocycles. The second-order valence-corrected chi connectivity index (χ2v) is 5.47. The van der Waals surface area contributed by atoms with E-state index < -0.39 is 7.82 Å². The monoisotopic (exact) mass is 265 g/mol. The summed E-state index contributed by atoms with van der Waals surface area (Å²) in [4.78, 5) is 21.6. The SMILES string of the molecule is C[N+](C)(C)Cc1ccccc1.O=P(O)(O)O.[OH-]. The van der Waals surface area contributed by atoms with E-state index in [0.717, 1.165) is 11.0 Å². The zero-order chi connectivity index (χ0) is 12.8. The quantitative estimate of drug-likeness (QED) is 0.541. The minimum absolute atomic E-state index is 0. The van der Waals surface area contributed by atoms with Gasteiger partial charge in [-0.05, 0) is 0 Å². The topological polar surface area (TPSA) is 108 Å². The summed E-state index contributed by atoms with van der Waals surface area (Å²) in [6.45, 7) is 1.10. The third-order valence-electron chi connectivity index (χ3n) is 1.50. The van der Waals surface area contributed by atoms with E-state index in [0.29, 0.717) is 0 Å². The van der Waals surface area contributed by atoms with Gasteiger partial charge in [0.2, 0.25) is 0 Å². The Balaban J connectivity index is 0. The van der Waals surface area contributed by atoms with E-state index in [4.69, 9.17) is 19.2 Å². The van der Waals surface area contributed by atoms with Gasteiger partial charge in [0.05, 0.1) is 21.1 Å². The molecular formula is C10H20NO5P. The van der Waals surface area contributed by atoms with Crippen molar-refractivity contribution in [1.29, 1.82) is 0 Å². The van der Waals surface area contributed by atoms with Gasteiger partial charge in [-0.3, -0.25) is 0 Å². The predicted octanol–water partition coefficient (Wildman–Crippen LogP) is 0.787.